The lowest BCUT2D eigenvalue weighted by molar-refractivity contribution is -0.0869. The zero-order valence-electron chi connectivity index (χ0n) is 11.0. The minimum atomic E-state index is 0.324. The van der Waals surface area contributed by atoms with Gasteiger partial charge in [0, 0.05) is 32.8 Å². The van der Waals surface area contributed by atoms with Crippen LogP contribution in [0.5, 0.6) is 0 Å². The number of rotatable bonds is 6. The van der Waals surface area contributed by atoms with Gasteiger partial charge < -0.3 is 14.8 Å². The van der Waals surface area contributed by atoms with Crippen molar-refractivity contribution in [1.82, 2.24) is 10.2 Å². The van der Waals surface area contributed by atoms with E-state index in [1.165, 1.54) is 0 Å². The van der Waals surface area contributed by atoms with Crippen molar-refractivity contribution in [2.24, 2.45) is 0 Å². The Hall–Kier alpha value is -0.160. The summed E-state index contributed by atoms with van der Waals surface area (Å²) >= 11 is 0. The lowest BCUT2D eigenvalue weighted by Crippen LogP contribution is -2.54. The van der Waals surface area contributed by atoms with Crippen LogP contribution in [0.4, 0.5) is 0 Å². The first-order valence-electron chi connectivity index (χ1n) is 6.26. The molecule has 0 aromatic carbocycles. The standard InChI is InChI=1S/C12H26N2O2/c1-5-13-6-12(9-15-4)14-7-10(2)16-11(3)8-14/h10-13H,5-9H2,1-4H3. The molecule has 4 heteroatoms. The van der Waals surface area contributed by atoms with Gasteiger partial charge in [-0.05, 0) is 20.4 Å². The number of ether oxygens (including phenoxy) is 2. The van der Waals surface area contributed by atoms with Crippen molar-refractivity contribution >= 4 is 0 Å². The summed E-state index contributed by atoms with van der Waals surface area (Å²) in [6, 6.07) is 0.457. The molecule has 4 nitrogen and oxygen atoms in total. The number of likely N-dealkylation sites (N-methyl/N-ethyl adjacent to an activating group) is 1. The predicted molar refractivity (Wildman–Crippen MR) is 65.8 cm³/mol. The van der Waals surface area contributed by atoms with E-state index < -0.39 is 0 Å². The lowest BCUT2D eigenvalue weighted by Gasteiger charge is -2.40. The monoisotopic (exact) mass is 230 g/mol. The summed E-state index contributed by atoms with van der Waals surface area (Å²) in [5.74, 6) is 0. The summed E-state index contributed by atoms with van der Waals surface area (Å²) in [5, 5.41) is 3.40. The minimum Gasteiger partial charge on any atom is -0.383 e. The van der Waals surface area contributed by atoms with E-state index in [1.807, 2.05) is 0 Å². The Balaban J connectivity index is 2.47. The molecule has 3 atom stereocenters. The zero-order chi connectivity index (χ0) is 12.0. The number of morpholine rings is 1. The summed E-state index contributed by atoms with van der Waals surface area (Å²) < 4.78 is 11.0. The van der Waals surface area contributed by atoms with Crippen molar-refractivity contribution < 1.29 is 9.47 Å². The molecule has 1 saturated heterocycles. The van der Waals surface area contributed by atoms with Crippen molar-refractivity contribution in [3.8, 4) is 0 Å². The van der Waals surface area contributed by atoms with Crippen LogP contribution in [-0.4, -0.2) is 63.0 Å². The van der Waals surface area contributed by atoms with Gasteiger partial charge in [-0.1, -0.05) is 6.92 Å². The van der Waals surface area contributed by atoms with Crippen LogP contribution in [0.1, 0.15) is 20.8 Å². The SMILES string of the molecule is CCNCC(COC)N1CC(C)OC(C)C1. The third-order valence-electron chi connectivity index (χ3n) is 2.95. The molecule has 1 heterocycles. The second-order valence-corrected chi connectivity index (χ2v) is 4.63. The second-order valence-electron chi connectivity index (χ2n) is 4.63. The average Bonchev–Trinajstić information content (AvgIpc) is 2.22. The third kappa shape index (κ3) is 4.37. The van der Waals surface area contributed by atoms with E-state index in [1.54, 1.807) is 7.11 Å². The molecule has 0 aromatic heterocycles. The number of nitrogens with one attached hydrogen (secondary N) is 1. The second kappa shape index (κ2) is 7.22. The average molecular weight is 230 g/mol. The van der Waals surface area contributed by atoms with Crippen LogP contribution in [0.25, 0.3) is 0 Å². The van der Waals surface area contributed by atoms with Crippen molar-refractivity contribution in [3.05, 3.63) is 0 Å². The highest BCUT2D eigenvalue weighted by atomic mass is 16.5. The molecule has 1 rings (SSSR count). The van der Waals surface area contributed by atoms with Gasteiger partial charge in [0.2, 0.25) is 0 Å². The maximum atomic E-state index is 5.75. The molecule has 0 aliphatic carbocycles. The molecule has 0 bridgehead atoms. The largest absolute Gasteiger partial charge is 0.383 e. The fraction of sp³-hybridized carbons (Fsp3) is 1.00. The van der Waals surface area contributed by atoms with Crippen molar-refractivity contribution in [2.45, 2.75) is 39.0 Å². The molecule has 16 heavy (non-hydrogen) atoms. The first-order chi connectivity index (χ1) is 7.67. The number of hydrogen-bond acceptors (Lipinski definition) is 4. The fourth-order valence-corrected chi connectivity index (χ4v) is 2.31. The van der Waals surface area contributed by atoms with E-state index in [0.29, 0.717) is 18.2 Å². The van der Waals surface area contributed by atoms with Gasteiger partial charge >= 0.3 is 0 Å². The van der Waals surface area contributed by atoms with Crippen LogP contribution in [0.2, 0.25) is 0 Å². The van der Waals surface area contributed by atoms with Crippen LogP contribution in [0.15, 0.2) is 0 Å². The Kier molecular flexibility index (Phi) is 6.28. The van der Waals surface area contributed by atoms with Gasteiger partial charge in [-0.15, -0.1) is 0 Å². The molecule has 1 fully saturated rings. The summed E-state index contributed by atoms with van der Waals surface area (Å²) in [7, 11) is 1.77. The summed E-state index contributed by atoms with van der Waals surface area (Å²) in [5.41, 5.74) is 0. The van der Waals surface area contributed by atoms with Gasteiger partial charge in [-0.2, -0.15) is 0 Å². The van der Waals surface area contributed by atoms with Crippen LogP contribution in [0, 0.1) is 0 Å². The predicted octanol–water partition coefficient (Wildman–Crippen LogP) is 0.720. The molecule has 3 unspecified atom stereocenters. The maximum Gasteiger partial charge on any atom is 0.0678 e. The molecular formula is C12H26N2O2. The van der Waals surface area contributed by atoms with Crippen LogP contribution in [0.3, 0.4) is 0 Å². The van der Waals surface area contributed by atoms with Gasteiger partial charge in [-0.3, -0.25) is 4.90 Å². The van der Waals surface area contributed by atoms with Crippen molar-refractivity contribution in [2.75, 3.05) is 39.9 Å². The topological polar surface area (TPSA) is 33.7 Å². The Bertz CT molecular complexity index is 180. The van der Waals surface area contributed by atoms with E-state index in [4.69, 9.17) is 9.47 Å². The number of methoxy groups -OCH3 is 1. The molecular weight excluding hydrogens is 204 g/mol. The maximum absolute atomic E-state index is 5.75. The van der Waals surface area contributed by atoms with E-state index in [0.717, 1.165) is 32.8 Å². The normalized spacial score (nSPS) is 29.2. The fourth-order valence-electron chi connectivity index (χ4n) is 2.31. The van der Waals surface area contributed by atoms with Crippen LogP contribution in [-0.2, 0) is 9.47 Å². The van der Waals surface area contributed by atoms with Crippen molar-refractivity contribution in [1.29, 1.82) is 0 Å². The smallest absolute Gasteiger partial charge is 0.0678 e. The molecule has 0 radical (unpaired) electrons. The molecule has 0 saturated carbocycles. The first kappa shape index (κ1) is 13.9. The minimum absolute atomic E-state index is 0.324. The molecule has 96 valence electrons. The van der Waals surface area contributed by atoms with Crippen LogP contribution >= 0.6 is 0 Å². The summed E-state index contributed by atoms with van der Waals surface area (Å²) in [6.07, 6.45) is 0.648. The van der Waals surface area contributed by atoms with Gasteiger partial charge in [0.15, 0.2) is 0 Å². The molecule has 1 N–H and O–H groups in total. The molecule has 0 spiro atoms. The Labute approximate surface area is 99.3 Å². The zero-order valence-corrected chi connectivity index (χ0v) is 11.0. The number of nitrogens with zero attached hydrogens (tertiary/aromatic N) is 1. The van der Waals surface area contributed by atoms with Gasteiger partial charge in [-0.25, -0.2) is 0 Å². The van der Waals surface area contributed by atoms with Crippen molar-refractivity contribution in [3.63, 3.8) is 0 Å². The third-order valence-corrected chi connectivity index (χ3v) is 2.95. The van der Waals surface area contributed by atoms with Gasteiger partial charge in [0.05, 0.1) is 18.8 Å². The molecule has 0 amide bonds. The van der Waals surface area contributed by atoms with E-state index in [2.05, 4.69) is 31.0 Å². The van der Waals surface area contributed by atoms with E-state index in [-0.39, 0.29) is 0 Å². The molecule has 0 aromatic rings. The molecule has 1 aliphatic heterocycles. The van der Waals surface area contributed by atoms with E-state index >= 15 is 0 Å². The quantitative estimate of drug-likeness (QED) is 0.729. The molecule has 1 aliphatic rings. The van der Waals surface area contributed by atoms with Gasteiger partial charge in [0.1, 0.15) is 0 Å². The highest BCUT2D eigenvalue weighted by molar-refractivity contribution is 4.81. The van der Waals surface area contributed by atoms with Crippen LogP contribution < -0.4 is 5.32 Å². The summed E-state index contributed by atoms with van der Waals surface area (Å²) in [6.45, 7) is 11.2. The number of hydrogen-bond donors (Lipinski definition) is 1. The van der Waals surface area contributed by atoms with Gasteiger partial charge in [0.25, 0.3) is 0 Å². The first-order valence-corrected chi connectivity index (χ1v) is 6.26. The Morgan fingerprint density at radius 1 is 1.38 bits per heavy atom. The highest BCUT2D eigenvalue weighted by Crippen LogP contribution is 2.13. The van der Waals surface area contributed by atoms with E-state index in [9.17, 15) is 0 Å². The Morgan fingerprint density at radius 3 is 2.50 bits per heavy atom. The Morgan fingerprint density at radius 2 is 2.00 bits per heavy atom. The summed E-state index contributed by atoms with van der Waals surface area (Å²) in [4.78, 5) is 2.48. The highest BCUT2D eigenvalue weighted by Gasteiger charge is 2.27. The lowest BCUT2D eigenvalue weighted by atomic mass is 10.1.